The molecule has 2 aromatic rings. The number of rotatable bonds is 4. The summed E-state index contributed by atoms with van der Waals surface area (Å²) >= 11 is 0. The maximum Gasteiger partial charge on any atom is 0.254 e. The Morgan fingerprint density at radius 1 is 1.30 bits per heavy atom. The van der Waals surface area contributed by atoms with Gasteiger partial charge in [-0.2, -0.15) is 5.10 Å². The molecule has 2 amide bonds. The highest BCUT2D eigenvalue weighted by molar-refractivity contribution is 5.95. The first-order chi connectivity index (χ1) is 12.8. The molecule has 0 fully saturated rings. The Labute approximate surface area is 157 Å². The predicted molar refractivity (Wildman–Crippen MR) is 96.4 cm³/mol. The molecule has 0 spiro atoms. The van der Waals surface area contributed by atoms with Crippen molar-refractivity contribution in [1.29, 1.82) is 0 Å². The van der Waals surface area contributed by atoms with Crippen LogP contribution < -0.4 is 0 Å². The summed E-state index contributed by atoms with van der Waals surface area (Å²) in [5.74, 6) is -0.714. The maximum absolute atomic E-state index is 13.3. The summed E-state index contributed by atoms with van der Waals surface area (Å²) < 4.78 is 15.0. The maximum atomic E-state index is 13.3. The van der Waals surface area contributed by atoms with Crippen LogP contribution in [0, 0.1) is 12.7 Å². The van der Waals surface area contributed by atoms with E-state index in [0.717, 1.165) is 5.69 Å². The zero-order valence-corrected chi connectivity index (χ0v) is 15.6. The lowest BCUT2D eigenvalue weighted by molar-refractivity contribution is -0.130. The van der Waals surface area contributed by atoms with E-state index in [-0.39, 0.29) is 24.1 Å². The molecule has 27 heavy (non-hydrogen) atoms. The molecule has 0 bridgehead atoms. The fraction of sp³-hybridized carbons (Fsp3) is 0.421. The van der Waals surface area contributed by atoms with Gasteiger partial charge in [0.1, 0.15) is 11.9 Å². The molecule has 1 aliphatic heterocycles. The molecule has 1 N–H and O–H groups in total. The highest BCUT2D eigenvalue weighted by Crippen LogP contribution is 2.22. The lowest BCUT2D eigenvalue weighted by atomic mass is 10.1. The van der Waals surface area contributed by atoms with E-state index in [1.165, 1.54) is 23.1 Å². The van der Waals surface area contributed by atoms with Gasteiger partial charge < -0.3 is 14.9 Å². The van der Waals surface area contributed by atoms with Crippen LogP contribution in [0.1, 0.15) is 39.8 Å². The summed E-state index contributed by atoms with van der Waals surface area (Å²) in [5.41, 5.74) is 2.28. The number of benzene rings is 1. The summed E-state index contributed by atoms with van der Waals surface area (Å²) in [7, 11) is 3.27. The van der Waals surface area contributed by atoms with E-state index in [1.807, 2.05) is 0 Å². The molecular weight excluding hydrogens is 351 g/mol. The van der Waals surface area contributed by atoms with Crippen molar-refractivity contribution in [2.75, 3.05) is 20.6 Å². The van der Waals surface area contributed by atoms with Crippen molar-refractivity contribution < 1.29 is 19.1 Å². The van der Waals surface area contributed by atoms with Gasteiger partial charge in [0.2, 0.25) is 5.91 Å². The summed E-state index contributed by atoms with van der Waals surface area (Å²) in [4.78, 5) is 27.7. The van der Waals surface area contributed by atoms with Crippen LogP contribution in [0.25, 0.3) is 0 Å². The Kier molecular flexibility index (Phi) is 5.27. The van der Waals surface area contributed by atoms with Gasteiger partial charge in [-0.15, -0.1) is 0 Å². The number of aromatic nitrogens is 2. The quantitative estimate of drug-likeness (QED) is 0.880. The van der Waals surface area contributed by atoms with Crippen molar-refractivity contribution in [3.8, 4) is 0 Å². The number of nitrogens with zero attached hydrogens (tertiary/aromatic N) is 4. The first-order valence-corrected chi connectivity index (χ1v) is 8.76. The monoisotopic (exact) mass is 374 g/mol. The molecular formula is C19H23FN4O3. The highest BCUT2D eigenvalue weighted by Gasteiger charge is 2.26. The van der Waals surface area contributed by atoms with Crippen LogP contribution in [0.4, 0.5) is 4.39 Å². The average molecular weight is 374 g/mol. The summed E-state index contributed by atoms with van der Waals surface area (Å²) in [6.07, 6.45) is -1.03. The molecule has 0 saturated carbocycles. The van der Waals surface area contributed by atoms with Crippen molar-refractivity contribution >= 4 is 11.8 Å². The third kappa shape index (κ3) is 4.00. The van der Waals surface area contributed by atoms with E-state index in [2.05, 4.69) is 5.10 Å². The number of hydrogen-bond acceptors (Lipinski definition) is 4. The normalized spacial score (nSPS) is 14.6. The summed E-state index contributed by atoms with van der Waals surface area (Å²) in [6.45, 7) is 3.02. The molecule has 0 aliphatic carbocycles. The Balaban J connectivity index is 1.74. The number of halogens is 1. The second-order valence-electron chi connectivity index (χ2n) is 6.98. The molecule has 144 valence electrons. The molecule has 1 aromatic heterocycles. The minimum absolute atomic E-state index is 0.0408. The zero-order valence-electron chi connectivity index (χ0n) is 15.6. The predicted octanol–water partition coefficient (Wildman–Crippen LogP) is 1.50. The van der Waals surface area contributed by atoms with Gasteiger partial charge in [0.25, 0.3) is 5.91 Å². The molecule has 0 saturated heterocycles. The number of hydrogen-bond donors (Lipinski definition) is 1. The van der Waals surface area contributed by atoms with E-state index in [4.69, 9.17) is 0 Å². The van der Waals surface area contributed by atoms with Crippen molar-refractivity contribution in [3.05, 3.63) is 52.6 Å². The van der Waals surface area contributed by atoms with Crippen molar-refractivity contribution in [2.45, 2.75) is 32.5 Å². The van der Waals surface area contributed by atoms with Crippen LogP contribution in [0.2, 0.25) is 0 Å². The van der Waals surface area contributed by atoms with Gasteiger partial charge in [-0.1, -0.05) is 0 Å². The minimum atomic E-state index is -0.985. The largest absolute Gasteiger partial charge is 0.386 e. The first kappa shape index (κ1) is 19.0. The summed E-state index contributed by atoms with van der Waals surface area (Å²) in [5, 5.41) is 14.6. The second-order valence-corrected chi connectivity index (χ2v) is 6.98. The number of aryl methyl sites for hydroxylation is 1. The fourth-order valence-electron chi connectivity index (χ4n) is 3.11. The van der Waals surface area contributed by atoms with Gasteiger partial charge in [-0.3, -0.25) is 14.3 Å². The molecule has 2 heterocycles. The third-order valence-corrected chi connectivity index (χ3v) is 4.73. The van der Waals surface area contributed by atoms with Crippen molar-refractivity contribution in [1.82, 2.24) is 19.6 Å². The van der Waals surface area contributed by atoms with Gasteiger partial charge in [-0.25, -0.2) is 4.39 Å². The van der Waals surface area contributed by atoms with E-state index in [9.17, 15) is 19.1 Å². The topological polar surface area (TPSA) is 78.7 Å². The first-order valence-electron chi connectivity index (χ1n) is 8.76. The third-order valence-electron chi connectivity index (χ3n) is 4.73. The molecule has 1 aromatic carbocycles. The van der Waals surface area contributed by atoms with Gasteiger partial charge >= 0.3 is 0 Å². The van der Waals surface area contributed by atoms with Gasteiger partial charge in [-0.05, 0) is 36.8 Å². The molecule has 3 rings (SSSR count). The minimum Gasteiger partial charge on any atom is -0.386 e. The molecule has 0 unspecified atom stereocenters. The molecule has 8 heteroatoms. The lowest BCUT2D eigenvalue weighted by Gasteiger charge is -2.28. The number of aliphatic hydroxyl groups is 1. The Bertz CT molecular complexity index is 878. The van der Waals surface area contributed by atoms with Gasteiger partial charge in [0.15, 0.2) is 0 Å². The number of carbonyl (C=O) groups is 2. The van der Waals surface area contributed by atoms with Crippen LogP contribution in [-0.2, 0) is 17.9 Å². The van der Waals surface area contributed by atoms with Crippen molar-refractivity contribution in [3.63, 3.8) is 0 Å². The van der Waals surface area contributed by atoms with Crippen LogP contribution in [0.3, 0.4) is 0 Å². The standard InChI is InChI=1S/C19H23FN4O3/c1-12-8-13(20)4-5-15(12)19(27)23-6-7-24-14(11-23)9-16(21-24)17(25)10-18(26)22(2)3/h4-5,8-9,17,25H,6-7,10-11H2,1-3H3/t17-/m1/s1. The number of carbonyl (C=O) groups excluding carboxylic acids is 2. The van der Waals surface area contributed by atoms with Crippen LogP contribution in [-0.4, -0.2) is 57.1 Å². The Hall–Kier alpha value is -2.74. The lowest BCUT2D eigenvalue weighted by Crippen LogP contribution is -2.38. The van der Waals surface area contributed by atoms with E-state index < -0.39 is 6.10 Å². The average Bonchev–Trinajstić information content (AvgIpc) is 3.04. The summed E-state index contributed by atoms with van der Waals surface area (Å²) in [6, 6.07) is 5.85. The molecule has 0 radical (unpaired) electrons. The Morgan fingerprint density at radius 3 is 2.70 bits per heavy atom. The van der Waals surface area contributed by atoms with Gasteiger partial charge in [0.05, 0.1) is 30.9 Å². The smallest absolute Gasteiger partial charge is 0.254 e. The zero-order chi connectivity index (χ0) is 19.7. The van der Waals surface area contributed by atoms with E-state index >= 15 is 0 Å². The number of amides is 2. The van der Waals surface area contributed by atoms with E-state index in [0.29, 0.717) is 36.5 Å². The molecule has 1 atom stereocenters. The number of aliphatic hydroxyl groups excluding tert-OH is 1. The SMILES string of the molecule is Cc1cc(F)ccc1C(=O)N1CCn2nc([C@H](O)CC(=O)N(C)C)cc2C1. The van der Waals surface area contributed by atoms with Crippen molar-refractivity contribution in [2.24, 2.45) is 0 Å². The number of fused-ring (bicyclic) bond motifs is 1. The van der Waals surface area contributed by atoms with Crippen LogP contribution in [0.15, 0.2) is 24.3 Å². The highest BCUT2D eigenvalue weighted by atomic mass is 19.1. The van der Waals surface area contributed by atoms with Gasteiger partial charge in [0, 0.05) is 26.2 Å². The fourth-order valence-corrected chi connectivity index (χ4v) is 3.11. The van der Waals surface area contributed by atoms with E-state index in [1.54, 1.807) is 36.7 Å². The molecule has 1 aliphatic rings. The van der Waals surface area contributed by atoms with Crippen LogP contribution >= 0.6 is 0 Å². The van der Waals surface area contributed by atoms with Crippen LogP contribution in [0.5, 0.6) is 0 Å². The Morgan fingerprint density at radius 2 is 2.04 bits per heavy atom. The second kappa shape index (κ2) is 7.48. The molecule has 7 nitrogen and oxygen atoms in total.